The Balaban J connectivity index is 2.12. The maximum absolute atomic E-state index is 10.1. The first-order chi connectivity index (χ1) is 12.0. The third-order valence-electron chi connectivity index (χ3n) is 4.01. The Morgan fingerprint density at radius 1 is 1.20 bits per heavy atom. The molecule has 0 bridgehead atoms. The fraction of sp³-hybridized carbons (Fsp3) is 0.706. The molecule has 1 rings (SSSR count). The van der Waals surface area contributed by atoms with Crippen molar-refractivity contribution in [2.75, 3.05) is 54.7 Å². The van der Waals surface area contributed by atoms with Gasteiger partial charge in [-0.2, -0.15) is 0 Å². The highest BCUT2D eigenvalue weighted by atomic mass is 28.4. The number of aromatic nitrogens is 1. The zero-order valence-electron chi connectivity index (χ0n) is 15.8. The van der Waals surface area contributed by atoms with Gasteiger partial charge in [0, 0.05) is 65.4 Å². The van der Waals surface area contributed by atoms with Gasteiger partial charge in [0.25, 0.3) is 0 Å². The second-order valence-electron chi connectivity index (χ2n) is 5.96. The maximum Gasteiger partial charge on any atom is 0.500 e. The number of aliphatic hydroxyl groups excluding tert-OH is 1. The van der Waals surface area contributed by atoms with Crippen molar-refractivity contribution in [3.8, 4) is 0 Å². The molecule has 0 saturated heterocycles. The summed E-state index contributed by atoms with van der Waals surface area (Å²) in [6, 6.07) is 6.60. The van der Waals surface area contributed by atoms with Gasteiger partial charge in [-0.1, -0.05) is 6.07 Å². The van der Waals surface area contributed by atoms with E-state index in [1.807, 2.05) is 25.2 Å². The van der Waals surface area contributed by atoms with E-state index in [1.165, 1.54) is 0 Å². The van der Waals surface area contributed by atoms with Crippen LogP contribution in [0.1, 0.15) is 12.1 Å². The summed E-state index contributed by atoms with van der Waals surface area (Å²) in [7, 11) is 4.27. The van der Waals surface area contributed by atoms with E-state index in [9.17, 15) is 5.11 Å². The lowest BCUT2D eigenvalue weighted by molar-refractivity contribution is 0.0197. The highest BCUT2D eigenvalue weighted by Crippen LogP contribution is 2.14. The molecular formula is C17H32N2O5Si. The molecule has 8 heteroatoms. The summed E-state index contributed by atoms with van der Waals surface area (Å²) in [6.45, 7) is 2.27. The molecule has 1 N–H and O–H groups in total. The molecule has 0 aliphatic heterocycles. The lowest BCUT2D eigenvalue weighted by Crippen LogP contribution is -2.42. The Morgan fingerprint density at radius 2 is 1.92 bits per heavy atom. The number of likely N-dealkylation sites (N-methyl/N-ethyl adjacent to an activating group) is 1. The molecule has 0 aliphatic rings. The zero-order chi connectivity index (χ0) is 18.5. The van der Waals surface area contributed by atoms with E-state index in [0.29, 0.717) is 25.8 Å². The van der Waals surface area contributed by atoms with Crippen molar-refractivity contribution in [3.05, 3.63) is 30.1 Å². The molecule has 0 aliphatic carbocycles. The Bertz CT molecular complexity index is 440. The van der Waals surface area contributed by atoms with Crippen molar-refractivity contribution in [3.63, 3.8) is 0 Å². The number of ether oxygens (including phenoxy) is 1. The molecule has 1 unspecified atom stereocenters. The van der Waals surface area contributed by atoms with Gasteiger partial charge in [-0.25, -0.2) is 0 Å². The molecule has 1 heterocycles. The molecule has 0 fully saturated rings. The van der Waals surface area contributed by atoms with Crippen LogP contribution in [0.2, 0.25) is 6.04 Å². The third kappa shape index (κ3) is 8.86. The van der Waals surface area contributed by atoms with Crippen LogP contribution >= 0.6 is 0 Å². The van der Waals surface area contributed by atoms with Crippen LogP contribution in [0.15, 0.2) is 24.4 Å². The van der Waals surface area contributed by atoms with Gasteiger partial charge in [0.1, 0.15) is 0 Å². The summed E-state index contributed by atoms with van der Waals surface area (Å²) >= 11 is 0. The van der Waals surface area contributed by atoms with Crippen molar-refractivity contribution in [1.82, 2.24) is 9.88 Å². The predicted molar refractivity (Wildman–Crippen MR) is 98.5 cm³/mol. The van der Waals surface area contributed by atoms with Crippen LogP contribution in [0.5, 0.6) is 0 Å². The van der Waals surface area contributed by atoms with Gasteiger partial charge in [0.05, 0.1) is 12.7 Å². The van der Waals surface area contributed by atoms with Crippen LogP contribution in [0.25, 0.3) is 0 Å². The molecule has 1 atom stereocenters. The molecule has 0 radical (unpaired) electrons. The van der Waals surface area contributed by atoms with Crippen LogP contribution in [-0.4, -0.2) is 84.6 Å². The van der Waals surface area contributed by atoms with Gasteiger partial charge < -0.3 is 28.0 Å². The standard InChI is InChI=1S/C17H32N2O5Si/c1-19(11-9-16-8-5-6-10-18-16)14-17(20)15-24-12-7-13-25(21-2,22-3)23-4/h5-6,8,10,17,20H,7,9,11-15H2,1-4H3. The second-order valence-corrected chi connectivity index (χ2v) is 9.05. The second kappa shape index (κ2) is 12.5. The van der Waals surface area contributed by atoms with Crippen LogP contribution < -0.4 is 0 Å². The molecule has 0 spiro atoms. The van der Waals surface area contributed by atoms with E-state index in [1.54, 1.807) is 27.5 Å². The van der Waals surface area contributed by atoms with E-state index < -0.39 is 14.9 Å². The summed E-state index contributed by atoms with van der Waals surface area (Å²) in [6.07, 6.45) is 2.92. The van der Waals surface area contributed by atoms with Gasteiger partial charge in [0.2, 0.25) is 0 Å². The Morgan fingerprint density at radius 3 is 2.52 bits per heavy atom. The quantitative estimate of drug-likeness (QED) is 0.389. The molecule has 7 nitrogen and oxygen atoms in total. The van der Waals surface area contributed by atoms with E-state index in [2.05, 4.69) is 9.88 Å². The normalized spacial score (nSPS) is 13.4. The number of aliphatic hydroxyl groups is 1. The van der Waals surface area contributed by atoms with Crippen molar-refractivity contribution in [2.24, 2.45) is 0 Å². The lowest BCUT2D eigenvalue weighted by atomic mass is 10.2. The summed E-state index contributed by atoms with van der Waals surface area (Å²) in [5.74, 6) is 0. The van der Waals surface area contributed by atoms with Crippen molar-refractivity contribution in [1.29, 1.82) is 0 Å². The smallest absolute Gasteiger partial charge is 0.389 e. The van der Waals surface area contributed by atoms with E-state index in [0.717, 1.165) is 25.1 Å². The Kier molecular flexibility index (Phi) is 11.1. The monoisotopic (exact) mass is 372 g/mol. The summed E-state index contributed by atoms with van der Waals surface area (Å²) in [4.78, 5) is 6.38. The van der Waals surface area contributed by atoms with Crippen molar-refractivity contribution < 1.29 is 23.1 Å². The fourth-order valence-electron chi connectivity index (χ4n) is 2.52. The van der Waals surface area contributed by atoms with Crippen molar-refractivity contribution in [2.45, 2.75) is 25.0 Å². The van der Waals surface area contributed by atoms with Gasteiger partial charge in [-0.05, 0) is 25.6 Å². The van der Waals surface area contributed by atoms with E-state index in [-0.39, 0.29) is 0 Å². The Labute approximate surface area is 152 Å². The van der Waals surface area contributed by atoms with Gasteiger partial charge >= 0.3 is 8.80 Å². The molecule has 1 aromatic heterocycles. The number of hydrogen-bond acceptors (Lipinski definition) is 7. The van der Waals surface area contributed by atoms with Crippen LogP contribution in [0.4, 0.5) is 0 Å². The molecule has 0 saturated carbocycles. The Hall–Kier alpha value is -0.873. The van der Waals surface area contributed by atoms with E-state index in [4.69, 9.17) is 18.0 Å². The summed E-state index contributed by atoms with van der Waals surface area (Å²) in [5.41, 5.74) is 1.06. The molecule has 1 aromatic rings. The minimum absolute atomic E-state index is 0.315. The minimum atomic E-state index is -2.52. The van der Waals surface area contributed by atoms with Gasteiger partial charge in [-0.15, -0.1) is 0 Å². The molecule has 25 heavy (non-hydrogen) atoms. The number of rotatable bonds is 14. The minimum Gasteiger partial charge on any atom is -0.389 e. The molecule has 0 aromatic carbocycles. The number of pyridine rings is 1. The third-order valence-corrected chi connectivity index (χ3v) is 6.85. The topological polar surface area (TPSA) is 73.3 Å². The van der Waals surface area contributed by atoms with Crippen LogP contribution in [-0.2, 0) is 24.4 Å². The van der Waals surface area contributed by atoms with Gasteiger partial charge in [-0.3, -0.25) is 4.98 Å². The lowest BCUT2D eigenvalue weighted by Gasteiger charge is -2.24. The maximum atomic E-state index is 10.1. The SMILES string of the molecule is CO[Si](CCCOCC(O)CN(C)CCc1ccccn1)(OC)OC. The van der Waals surface area contributed by atoms with E-state index >= 15 is 0 Å². The molecule has 0 amide bonds. The fourth-order valence-corrected chi connectivity index (χ4v) is 4.21. The highest BCUT2D eigenvalue weighted by molar-refractivity contribution is 6.60. The van der Waals surface area contributed by atoms with Crippen LogP contribution in [0, 0.1) is 0 Å². The predicted octanol–water partition coefficient (Wildman–Crippen LogP) is 1.20. The average molecular weight is 373 g/mol. The first-order valence-electron chi connectivity index (χ1n) is 8.55. The summed E-state index contributed by atoms with van der Waals surface area (Å²) < 4.78 is 21.6. The number of nitrogens with zero attached hydrogens (tertiary/aromatic N) is 2. The first kappa shape index (κ1) is 22.2. The number of hydrogen-bond donors (Lipinski definition) is 1. The van der Waals surface area contributed by atoms with Crippen molar-refractivity contribution >= 4 is 8.80 Å². The van der Waals surface area contributed by atoms with Gasteiger partial charge in [0.15, 0.2) is 0 Å². The average Bonchev–Trinajstić information content (AvgIpc) is 2.64. The molecular weight excluding hydrogens is 340 g/mol. The first-order valence-corrected chi connectivity index (χ1v) is 10.5. The summed E-state index contributed by atoms with van der Waals surface area (Å²) in [5, 5.41) is 10.1. The highest BCUT2D eigenvalue weighted by Gasteiger charge is 2.36. The largest absolute Gasteiger partial charge is 0.500 e. The molecule has 144 valence electrons. The zero-order valence-corrected chi connectivity index (χ0v) is 16.8. The van der Waals surface area contributed by atoms with Crippen LogP contribution in [0.3, 0.4) is 0 Å².